The Labute approximate surface area is 194 Å². The number of hydrogen-bond acceptors (Lipinski definition) is 3. The minimum Gasteiger partial charge on any atom is -0.497 e. The van der Waals surface area contributed by atoms with Gasteiger partial charge in [-0.3, -0.25) is 0 Å². The fourth-order valence-corrected chi connectivity index (χ4v) is 4.76. The molecule has 0 radical (unpaired) electrons. The molecule has 3 aromatic carbocycles. The molecule has 0 atom stereocenters. The van der Waals surface area contributed by atoms with E-state index >= 15 is 0 Å². The molecular weight excluding hydrogens is 412 g/mol. The Morgan fingerprint density at radius 2 is 1.58 bits per heavy atom. The van der Waals surface area contributed by atoms with E-state index in [1.54, 1.807) is 19.2 Å². The largest absolute Gasteiger partial charge is 0.497 e. The van der Waals surface area contributed by atoms with Gasteiger partial charge in [-0.1, -0.05) is 38.1 Å². The highest BCUT2D eigenvalue weighted by atomic mass is 16.5. The first-order valence-electron chi connectivity index (χ1n) is 11.2. The fourth-order valence-electron chi connectivity index (χ4n) is 4.76. The van der Waals surface area contributed by atoms with Crippen LogP contribution in [0.2, 0.25) is 0 Å². The number of rotatable bonds is 5. The van der Waals surface area contributed by atoms with Crippen LogP contribution >= 0.6 is 0 Å². The maximum Gasteiger partial charge on any atom is 0.336 e. The lowest BCUT2D eigenvalue weighted by atomic mass is 9.85. The molecule has 4 aromatic rings. The van der Waals surface area contributed by atoms with Crippen LogP contribution in [0.4, 0.5) is 0 Å². The Balaban J connectivity index is 2.08. The Hall–Kier alpha value is -3.53. The van der Waals surface area contributed by atoms with Crippen molar-refractivity contribution in [1.82, 2.24) is 0 Å². The van der Waals surface area contributed by atoms with Crippen LogP contribution in [-0.4, -0.2) is 18.2 Å². The summed E-state index contributed by atoms with van der Waals surface area (Å²) in [6.45, 7) is 12.5. The number of aryl methyl sites for hydroxylation is 3. The lowest BCUT2D eigenvalue weighted by molar-refractivity contribution is 0.0697. The summed E-state index contributed by atoms with van der Waals surface area (Å²) >= 11 is 0. The molecule has 0 aliphatic heterocycles. The van der Waals surface area contributed by atoms with Gasteiger partial charge in [0.05, 0.1) is 12.7 Å². The van der Waals surface area contributed by atoms with Crippen molar-refractivity contribution in [3.05, 3.63) is 76.0 Å². The highest BCUT2D eigenvalue weighted by molar-refractivity contribution is 6.06. The van der Waals surface area contributed by atoms with Crippen molar-refractivity contribution >= 4 is 16.9 Å². The second-order valence-corrected chi connectivity index (χ2v) is 8.98. The minimum absolute atomic E-state index is 0.254. The summed E-state index contributed by atoms with van der Waals surface area (Å²) in [6, 6.07) is 13.7. The Morgan fingerprint density at radius 1 is 0.909 bits per heavy atom. The van der Waals surface area contributed by atoms with Crippen molar-refractivity contribution in [2.45, 2.75) is 47.5 Å². The molecule has 33 heavy (non-hydrogen) atoms. The maximum absolute atomic E-state index is 12.1. The van der Waals surface area contributed by atoms with E-state index in [1.165, 1.54) is 5.56 Å². The molecule has 0 saturated carbocycles. The first kappa shape index (κ1) is 22.7. The molecule has 170 valence electrons. The topological polar surface area (TPSA) is 59.7 Å². The summed E-state index contributed by atoms with van der Waals surface area (Å²) in [4.78, 5) is 12.1. The van der Waals surface area contributed by atoms with Gasteiger partial charge in [0.15, 0.2) is 0 Å². The predicted molar refractivity (Wildman–Crippen MR) is 134 cm³/mol. The van der Waals surface area contributed by atoms with Crippen LogP contribution < -0.4 is 4.74 Å². The third-order valence-electron chi connectivity index (χ3n) is 6.70. The summed E-state index contributed by atoms with van der Waals surface area (Å²) in [5, 5.41) is 10.9. The van der Waals surface area contributed by atoms with Gasteiger partial charge in [-0.2, -0.15) is 0 Å². The van der Waals surface area contributed by atoms with Gasteiger partial charge in [0.25, 0.3) is 0 Å². The van der Waals surface area contributed by atoms with Crippen LogP contribution in [0.1, 0.15) is 58.1 Å². The van der Waals surface area contributed by atoms with Crippen LogP contribution in [0.15, 0.2) is 46.9 Å². The van der Waals surface area contributed by atoms with E-state index in [0.717, 1.165) is 50.1 Å². The SMILES string of the molecule is COc1ccc(C(=O)O)c(-c2c(C)c(C)c3oc(C)c(-c4ccc(C(C)C)cc4)c3c2C)c1. The van der Waals surface area contributed by atoms with Gasteiger partial charge in [-0.15, -0.1) is 0 Å². The highest BCUT2D eigenvalue weighted by Crippen LogP contribution is 2.45. The molecule has 4 nitrogen and oxygen atoms in total. The molecule has 4 heteroatoms. The molecule has 4 rings (SSSR count). The minimum atomic E-state index is -0.961. The van der Waals surface area contributed by atoms with Crippen LogP contribution in [0, 0.1) is 27.7 Å². The summed E-state index contributed by atoms with van der Waals surface area (Å²) < 4.78 is 11.7. The molecule has 0 fully saturated rings. The standard InChI is InChI=1S/C29H30O4/c1-15(2)20-8-10-21(11-9-20)27-19(6)33-28-17(4)16(3)25(18(5)26(27)28)24-14-22(32-7)12-13-23(24)29(30)31/h8-15H,1-7H3,(H,30,31). The van der Waals surface area contributed by atoms with Crippen molar-refractivity contribution in [2.75, 3.05) is 7.11 Å². The number of aromatic carboxylic acids is 1. The molecule has 0 aliphatic carbocycles. The number of ether oxygens (including phenoxy) is 1. The first-order valence-corrected chi connectivity index (χ1v) is 11.2. The average Bonchev–Trinajstić information content (AvgIpc) is 3.15. The fraction of sp³-hybridized carbons (Fsp3) is 0.276. The molecule has 0 spiro atoms. The number of benzene rings is 3. The number of methoxy groups -OCH3 is 1. The van der Waals surface area contributed by atoms with E-state index in [-0.39, 0.29) is 5.56 Å². The number of hydrogen-bond donors (Lipinski definition) is 1. The van der Waals surface area contributed by atoms with Crippen LogP contribution in [0.5, 0.6) is 5.75 Å². The van der Waals surface area contributed by atoms with Gasteiger partial charge >= 0.3 is 5.97 Å². The van der Waals surface area contributed by atoms with Gasteiger partial charge in [0, 0.05) is 16.5 Å². The number of furan rings is 1. The quantitative estimate of drug-likeness (QED) is 0.342. The zero-order chi connectivity index (χ0) is 24.0. The smallest absolute Gasteiger partial charge is 0.336 e. The zero-order valence-electron chi connectivity index (χ0n) is 20.3. The molecule has 0 amide bonds. The van der Waals surface area contributed by atoms with Gasteiger partial charge < -0.3 is 14.3 Å². The Bertz CT molecular complexity index is 1370. The van der Waals surface area contributed by atoms with Crippen LogP contribution in [0.3, 0.4) is 0 Å². The molecule has 1 aromatic heterocycles. The van der Waals surface area contributed by atoms with Gasteiger partial charge in [0.1, 0.15) is 17.1 Å². The summed E-state index contributed by atoms with van der Waals surface area (Å²) in [6.07, 6.45) is 0. The number of carbonyl (C=O) groups is 1. The van der Waals surface area contributed by atoms with Crippen molar-refractivity contribution in [2.24, 2.45) is 0 Å². The Morgan fingerprint density at radius 3 is 2.15 bits per heavy atom. The monoisotopic (exact) mass is 442 g/mol. The normalized spacial score (nSPS) is 11.4. The highest BCUT2D eigenvalue weighted by Gasteiger charge is 2.24. The lowest BCUT2D eigenvalue weighted by Crippen LogP contribution is -2.03. The van der Waals surface area contributed by atoms with Crippen molar-refractivity contribution < 1.29 is 19.1 Å². The van der Waals surface area contributed by atoms with Crippen molar-refractivity contribution in [1.29, 1.82) is 0 Å². The van der Waals surface area contributed by atoms with Gasteiger partial charge in [-0.05, 0) is 85.2 Å². The van der Waals surface area contributed by atoms with E-state index in [0.29, 0.717) is 17.2 Å². The summed E-state index contributed by atoms with van der Waals surface area (Å²) in [7, 11) is 1.59. The van der Waals surface area contributed by atoms with Gasteiger partial charge in [0.2, 0.25) is 0 Å². The maximum atomic E-state index is 12.1. The zero-order valence-corrected chi connectivity index (χ0v) is 20.3. The van der Waals surface area contributed by atoms with Crippen LogP contribution in [0.25, 0.3) is 33.2 Å². The summed E-state index contributed by atoms with van der Waals surface area (Å²) in [5.41, 5.74) is 9.14. The molecule has 1 heterocycles. The second-order valence-electron chi connectivity index (χ2n) is 8.98. The molecule has 1 N–H and O–H groups in total. The van der Waals surface area contributed by atoms with E-state index in [1.807, 2.05) is 26.8 Å². The molecular formula is C29H30O4. The predicted octanol–water partition coefficient (Wildman–Crippen LogP) is 7.83. The van der Waals surface area contributed by atoms with Crippen molar-refractivity contribution in [3.63, 3.8) is 0 Å². The number of fused-ring (bicyclic) bond motifs is 1. The number of carboxylic acid groups (broad SMARTS) is 1. The third kappa shape index (κ3) is 3.70. The average molecular weight is 443 g/mol. The molecule has 0 bridgehead atoms. The van der Waals surface area contributed by atoms with E-state index in [2.05, 4.69) is 45.0 Å². The van der Waals surface area contributed by atoms with E-state index in [4.69, 9.17) is 9.15 Å². The van der Waals surface area contributed by atoms with Gasteiger partial charge in [-0.25, -0.2) is 4.79 Å². The van der Waals surface area contributed by atoms with Crippen molar-refractivity contribution in [3.8, 4) is 28.0 Å². The first-order chi connectivity index (χ1) is 15.6. The van der Waals surface area contributed by atoms with E-state index in [9.17, 15) is 9.90 Å². The number of carboxylic acids is 1. The Kier molecular flexibility index (Phi) is 5.79. The molecule has 0 aliphatic rings. The summed E-state index contributed by atoms with van der Waals surface area (Å²) in [5.74, 6) is 0.979. The third-order valence-corrected chi connectivity index (χ3v) is 6.70. The second kappa shape index (κ2) is 8.43. The van der Waals surface area contributed by atoms with E-state index < -0.39 is 5.97 Å². The van der Waals surface area contributed by atoms with Crippen LogP contribution in [-0.2, 0) is 0 Å². The lowest BCUT2D eigenvalue weighted by Gasteiger charge is -2.18. The molecule has 0 saturated heterocycles. The molecule has 0 unspecified atom stereocenters.